The van der Waals surface area contributed by atoms with Crippen molar-refractivity contribution >= 4 is 5.97 Å². The van der Waals surface area contributed by atoms with E-state index in [4.69, 9.17) is 4.74 Å². The van der Waals surface area contributed by atoms with Crippen molar-refractivity contribution in [3.63, 3.8) is 0 Å². The number of carbonyl (C=O) groups is 1. The maximum atomic E-state index is 11.9. The van der Waals surface area contributed by atoms with Crippen molar-refractivity contribution < 1.29 is 9.53 Å². The van der Waals surface area contributed by atoms with Crippen molar-refractivity contribution in [2.24, 2.45) is 5.92 Å². The Balaban J connectivity index is 1.97. The minimum absolute atomic E-state index is 0.0505. The molecule has 0 amide bonds. The molecule has 0 aromatic heterocycles. The number of benzene rings is 1. The zero-order valence-corrected chi connectivity index (χ0v) is 11.7. The Hall–Kier alpha value is -1.35. The number of methoxy groups -OCH3 is 1. The highest BCUT2D eigenvalue weighted by molar-refractivity contribution is 5.73. The Labute approximate surface area is 115 Å². The van der Waals surface area contributed by atoms with Crippen molar-refractivity contribution in [2.45, 2.75) is 25.7 Å². The third-order valence-corrected chi connectivity index (χ3v) is 3.79. The quantitative estimate of drug-likeness (QED) is 0.763. The second-order valence-electron chi connectivity index (χ2n) is 5.27. The lowest BCUT2D eigenvalue weighted by atomic mass is 9.98. The standard InChI is InChI=1S/C16H23NO2/c1-19-16(18)15(12-14-8-4-2-5-9-14)13-17-10-6-3-7-11-17/h2,4-5,8-9,15H,3,6-7,10-13H2,1H3. The molecule has 2 rings (SSSR count). The molecule has 1 unspecified atom stereocenters. The van der Waals surface area contributed by atoms with Crippen molar-refractivity contribution in [3.8, 4) is 0 Å². The van der Waals surface area contributed by atoms with Gasteiger partial charge in [0.2, 0.25) is 0 Å². The Kier molecular flexibility index (Phi) is 5.40. The Bertz CT molecular complexity index is 385. The maximum Gasteiger partial charge on any atom is 0.310 e. The Morgan fingerprint density at radius 2 is 1.89 bits per heavy atom. The van der Waals surface area contributed by atoms with Crippen molar-refractivity contribution in [2.75, 3.05) is 26.7 Å². The molecule has 19 heavy (non-hydrogen) atoms. The number of ether oxygens (including phenoxy) is 1. The van der Waals surface area contributed by atoms with E-state index in [1.165, 1.54) is 31.9 Å². The molecule has 0 bridgehead atoms. The molecule has 0 aliphatic carbocycles. The van der Waals surface area contributed by atoms with Crippen LogP contribution >= 0.6 is 0 Å². The predicted molar refractivity (Wildman–Crippen MR) is 75.9 cm³/mol. The minimum Gasteiger partial charge on any atom is -0.469 e. The number of piperidine rings is 1. The highest BCUT2D eigenvalue weighted by Crippen LogP contribution is 2.16. The fraction of sp³-hybridized carbons (Fsp3) is 0.562. The Morgan fingerprint density at radius 1 is 1.21 bits per heavy atom. The SMILES string of the molecule is COC(=O)C(Cc1ccccc1)CN1CCCCC1. The summed E-state index contributed by atoms with van der Waals surface area (Å²) in [6, 6.07) is 10.2. The number of esters is 1. The molecule has 1 aliphatic rings. The summed E-state index contributed by atoms with van der Waals surface area (Å²) in [7, 11) is 1.48. The third-order valence-electron chi connectivity index (χ3n) is 3.79. The average molecular weight is 261 g/mol. The highest BCUT2D eigenvalue weighted by Gasteiger charge is 2.23. The van der Waals surface area contributed by atoms with E-state index in [-0.39, 0.29) is 11.9 Å². The molecule has 0 saturated carbocycles. The van der Waals surface area contributed by atoms with Crippen LogP contribution in [0.1, 0.15) is 24.8 Å². The summed E-state index contributed by atoms with van der Waals surface area (Å²) in [5.41, 5.74) is 1.20. The van der Waals surface area contributed by atoms with Crippen LogP contribution in [-0.2, 0) is 16.0 Å². The van der Waals surface area contributed by atoms with Crippen molar-refractivity contribution in [1.29, 1.82) is 0 Å². The van der Waals surface area contributed by atoms with E-state index >= 15 is 0 Å². The molecule has 1 atom stereocenters. The van der Waals surface area contributed by atoms with Gasteiger partial charge in [0, 0.05) is 6.54 Å². The first kappa shape index (κ1) is 14.1. The molecule has 0 radical (unpaired) electrons. The van der Waals surface area contributed by atoms with Gasteiger partial charge in [0.15, 0.2) is 0 Å². The van der Waals surface area contributed by atoms with Crippen LogP contribution in [0.15, 0.2) is 30.3 Å². The summed E-state index contributed by atoms with van der Waals surface area (Å²) in [6.45, 7) is 3.05. The average Bonchev–Trinajstić information content (AvgIpc) is 2.48. The first-order chi connectivity index (χ1) is 9.29. The van der Waals surface area contributed by atoms with E-state index in [1.54, 1.807) is 0 Å². The molecular weight excluding hydrogens is 238 g/mol. The third kappa shape index (κ3) is 4.35. The smallest absolute Gasteiger partial charge is 0.310 e. The molecule has 3 heteroatoms. The molecule has 0 N–H and O–H groups in total. The van der Waals surface area contributed by atoms with Gasteiger partial charge in [0.25, 0.3) is 0 Å². The van der Waals surface area contributed by atoms with Crippen LogP contribution in [-0.4, -0.2) is 37.6 Å². The molecule has 104 valence electrons. The van der Waals surface area contributed by atoms with Crippen LogP contribution in [0.5, 0.6) is 0 Å². The topological polar surface area (TPSA) is 29.5 Å². The molecule has 1 aliphatic heterocycles. The number of carbonyl (C=O) groups excluding carboxylic acids is 1. The van der Waals surface area contributed by atoms with Crippen LogP contribution in [0, 0.1) is 5.92 Å². The summed E-state index contributed by atoms with van der Waals surface area (Å²) in [6.07, 6.45) is 4.58. The van der Waals surface area contributed by atoms with Crippen molar-refractivity contribution in [3.05, 3.63) is 35.9 Å². The van der Waals surface area contributed by atoms with Gasteiger partial charge in [-0.15, -0.1) is 0 Å². The summed E-state index contributed by atoms with van der Waals surface area (Å²) in [5.74, 6) is -0.139. The highest BCUT2D eigenvalue weighted by atomic mass is 16.5. The first-order valence-corrected chi connectivity index (χ1v) is 7.13. The van der Waals surface area contributed by atoms with Crippen LogP contribution in [0.25, 0.3) is 0 Å². The number of hydrogen-bond donors (Lipinski definition) is 0. The largest absolute Gasteiger partial charge is 0.469 e. The number of likely N-dealkylation sites (tertiary alicyclic amines) is 1. The first-order valence-electron chi connectivity index (χ1n) is 7.13. The minimum atomic E-state index is -0.0885. The van der Waals surface area contributed by atoms with Gasteiger partial charge < -0.3 is 9.64 Å². The van der Waals surface area contributed by atoms with E-state index < -0.39 is 0 Å². The van der Waals surface area contributed by atoms with Crippen LogP contribution < -0.4 is 0 Å². The molecular formula is C16H23NO2. The van der Waals surface area contributed by atoms with Gasteiger partial charge in [-0.1, -0.05) is 36.8 Å². The van der Waals surface area contributed by atoms with Gasteiger partial charge in [0.1, 0.15) is 0 Å². The molecule has 1 aromatic carbocycles. The normalized spacial score (nSPS) is 17.9. The number of rotatable bonds is 5. The van der Waals surface area contributed by atoms with E-state index in [0.717, 1.165) is 26.1 Å². The molecule has 1 heterocycles. The van der Waals surface area contributed by atoms with Gasteiger partial charge >= 0.3 is 5.97 Å². The lowest BCUT2D eigenvalue weighted by Gasteiger charge is -2.29. The number of nitrogens with zero attached hydrogens (tertiary/aromatic N) is 1. The molecule has 1 saturated heterocycles. The molecule has 1 aromatic rings. The maximum absolute atomic E-state index is 11.9. The van der Waals surface area contributed by atoms with Crippen molar-refractivity contribution in [1.82, 2.24) is 4.90 Å². The van der Waals surface area contributed by atoms with E-state index in [2.05, 4.69) is 17.0 Å². The Morgan fingerprint density at radius 3 is 2.53 bits per heavy atom. The molecule has 3 nitrogen and oxygen atoms in total. The fourth-order valence-electron chi connectivity index (χ4n) is 2.74. The predicted octanol–water partition coefficient (Wildman–Crippen LogP) is 2.50. The van der Waals surface area contributed by atoms with Gasteiger partial charge in [-0.2, -0.15) is 0 Å². The van der Waals surface area contributed by atoms with Gasteiger partial charge in [0.05, 0.1) is 13.0 Å². The van der Waals surface area contributed by atoms with Gasteiger partial charge in [-0.3, -0.25) is 4.79 Å². The summed E-state index contributed by atoms with van der Waals surface area (Å²) >= 11 is 0. The van der Waals surface area contributed by atoms with E-state index in [0.29, 0.717) is 0 Å². The summed E-state index contributed by atoms with van der Waals surface area (Å²) in [4.78, 5) is 14.3. The number of hydrogen-bond acceptors (Lipinski definition) is 3. The molecule has 1 fully saturated rings. The lowest BCUT2D eigenvalue weighted by Crippen LogP contribution is -2.38. The lowest BCUT2D eigenvalue weighted by molar-refractivity contribution is -0.146. The zero-order chi connectivity index (χ0) is 13.5. The second-order valence-corrected chi connectivity index (χ2v) is 5.27. The molecule has 0 spiro atoms. The monoisotopic (exact) mass is 261 g/mol. The van der Waals surface area contributed by atoms with Gasteiger partial charge in [-0.05, 0) is 37.9 Å². The van der Waals surface area contributed by atoms with E-state index in [1.807, 2.05) is 18.2 Å². The summed E-state index contributed by atoms with van der Waals surface area (Å²) < 4.78 is 4.96. The van der Waals surface area contributed by atoms with E-state index in [9.17, 15) is 4.79 Å². The second kappa shape index (κ2) is 7.29. The van der Waals surface area contributed by atoms with Crippen LogP contribution in [0.4, 0.5) is 0 Å². The van der Waals surface area contributed by atoms with Gasteiger partial charge in [-0.25, -0.2) is 0 Å². The zero-order valence-electron chi connectivity index (χ0n) is 11.7. The van der Waals surface area contributed by atoms with Crippen LogP contribution in [0.2, 0.25) is 0 Å². The summed E-state index contributed by atoms with van der Waals surface area (Å²) in [5, 5.41) is 0. The van der Waals surface area contributed by atoms with Crippen LogP contribution in [0.3, 0.4) is 0 Å². The fourth-order valence-corrected chi connectivity index (χ4v) is 2.74.